The van der Waals surface area contributed by atoms with Crippen LogP contribution < -0.4 is 15.5 Å². The highest BCUT2D eigenvalue weighted by atomic mass is 19.4. The Hall–Kier alpha value is -4.78. The van der Waals surface area contributed by atoms with Gasteiger partial charge in [0.2, 0.25) is 6.17 Å². The number of hydrogen-bond acceptors (Lipinski definition) is 9. The van der Waals surface area contributed by atoms with Crippen LogP contribution in [0.5, 0.6) is 0 Å². The molecule has 1 amide bonds. The third-order valence-electron chi connectivity index (χ3n) is 6.60. The Morgan fingerprint density at radius 2 is 1.82 bits per heavy atom. The Balaban J connectivity index is 1.32. The van der Waals surface area contributed by atoms with Crippen molar-refractivity contribution >= 4 is 29.0 Å². The van der Waals surface area contributed by atoms with Crippen molar-refractivity contribution in [1.29, 1.82) is 0 Å². The lowest BCUT2D eigenvalue weighted by Gasteiger charge is -2.40. The molecule has 2 aromatic heterocycles. The van der Waals surface area contributed by atoms with E-state index in [1.165, 1.54) is 7.11 Å². The number of amides is 1. The molecule has 1 fully saturated rings. The molecule has 10 nitrogen and oxygen atoms in total. The van der Waals surface area contributed by atoms with Gasteiger partial charge in [0, 0.05) is 37.5 Å². The van der Waals surface area contributed by atoms with Gasteiger partial charge in [-0.3, -0.25) is 4.79 Å². The molecule has 0 radical (unpaired) electrons. The van der Waals surface area contributed by atoms with Crippen molar-refractivity contribution in [3.63, 3.8) is 0 Å². The number of pyridine rings is 1. The topological polar surface area (TPSA) is 118 Å². The number of hydrogen-bond donors (Lipinski definition) is 2. The number of anilines is 3. The molecule has 4 heterocycles. The van der Waals surface area contributed by atoms with Crippen LogP contribution >= 0.6 is 0 Å². The van der Waals surface area contributed by atoms with E-state index in [4.69, 9.17) is 9.15 Å². The van der Waals surface area contributed by atoms with Gasteiger partial charge in [-0.15, -0.1) is 5.10 Å². The number of carbonyl (C=O) groups excluding carboxylic acids is 1. The number of benzene rings is 2. The predicted octanol–water partition coefficient (Wildman–Crippen LogP) is 4.21. The average Bonchev–Trinajstić information content (AvgIpc) is 3.33. The number of alkyl halides is 3. The summed E-state index contributed by atoms with van der Waals surface area (Å²) < 4.78 is 51.3. The summed E-state index contributed by atoms with van der Waals surface area (Å²) in [5.74, 6) is -0.575. The number of benzodiazepines with no additional fused rings is 1. The lowest BCUT2D eigenvalue weighted by Crippen LogP contribution is -2.52. The van der Waals surface area contributed by atoms with Crippen molar-refractivity contribution in [3.8, 4) is 11.6 Å². The molecule has 2 aromatic carbocycles. The van der Waals surface area contributed by atoms with E-state index in [-0.39, 0.29) is 29.4 Å². The second-order valence-electron chi connectivity index (χ2n) is 9.19. The maximum atomic E-state index is 13.4. The Kier molecular flexibility index (Phi) is 6.42. The molecule has 0 spiro atoms. The van der Waals surface area contributed by atoms with Crippen molar-refractivity contribution < 1.29 is 27.1 Å². The van der Waals surface area contributed by atoms with Crippen LogP contribution in [0.3, 0.4) is 0 Å². The number of carbonyl (C=O) groups is 1. The van der Waals surface area contributed by atoms with Crippen molar-refractivity contribution in [3.05, 3.63) is 83.6 Å². The molecule has 13 heteroatoms. The highest BCUT2D eigenvalue weighted by molar-refractivity contribution is 6.19. The molecule has 1 atom stereocenters. The molecule has 0 saturated carbocycles. The van der Waals surface area contributed by atoms with Gasteiger partial charge in [0.1, 0.15) is 0 Å². The average molecular weight is 550 g/mol. The van der Waals surface area contributed by atoms with Gasteiger partial charge in [-0.25, -0.2) is 9.98 Å². The maximum absolute atomic E-state index is 13.4. The smallest absolute Gasteiger partial charge is 0.402 e. The van der Waals surface area contributed by atoms with Crippen LogP contribution in [0.4, 0.5) is 30.6 Å². The van der Waals surface area contributed by atoms with Crippen LogP contribution in [0.1, 0.15) is 16.7 Å². The summed E-state index contributed by atoms with van der Waals surface area (Å²) in [5, 5.41) is 13.7. The van der Waals surface area contributed by atoms with E-state index >= 15 is 0 Å². The summed E-state index contributed by atoms with van der Waals surface area (Å²) in [6.07, 6.45) is -5.12. The Morgan fingerprint density at radius 3 is 2.58 bits per heavy atom. The third kappa shape index (κ3) is 4.86. The van der Waals surface area contributed by atoms with Gasteiger partial charge in [-0.05, 0) is 12.1 Å². The number of ether oxygens (including phenoxy) is 1. The van der Waals surface area contributed by atoms with E-state index < -0.39 is 23.8 Å². The van der Waals surface area contributed by atoms with Crippen LogP contribution in [0.2, 0.25) is 0 Å². The number of aromatic nitrogens is 3. The molecule has 2 aliphatic heterocycles. The van der Waals surface area contributed by atoms with Gasteiger partial charge >= 0.3 is 12.2 Å². The number of nitrogens with one attached hydrogen (secondary N) is 2. The minimum atomic E-state index is -4.58. The van der Waals surface area contributed by atoms with E-state index in [1.54, 1.807) is 17.0 Å². The molecule has 40 heavy (non-hydrogen) atoms. The first-order chi connectivity index (χ1) is 19.3. The number of rotatable bonds is 6. The van der Waals surface area contributed by atoms with Crippen molar-refractivity contribution in [1.82, 2.24) is 15.2 Å². The summed E-state index contributed by atoms with van der Waals surface area (Å²) in [5.41, 5.74) is 2.06. The SMILES string of the molecule is COC1CN(c2cc(C(F)(F)F)cnc2-c2nnc(N[C@H]3N=C(c4ccccc4)c4ccccc4NC3=O)o2)C1. The first-order valence-electron chi connectivity index (χ1n) is 12.3. The third-order valence-corrected chi connectivity index (χ3v) is 6.60. The van der Waals surface area contributed by atoms with Crippen LogP contribution in [-0.2, 0) is 15.7 Å². The van der Waals surface area contributed by atoms with Gasteiger partial charge in [0.05, 0.1) is 28.8 Å². The molecule has 4 aromatic rings. The lowest BCUT2D eigenvalue weighted by molar-refractivity contribution is -0.137. The van der Waals surface area contributed by atoms with E-state index in [0.717, 1.165) is 23.4 Å². The molecule has 0 unspecified atom stereocenters. The van der Waals surface area contributed by atoms with Gasteiger partial charge in [0.25, 0.3) is 11.8 Å². The Bertz CT molecular complexity index is 1580. The van der Waals surface area contributed by atoms with E-state index in [0.29, 0.717) is 24.5 Å². The van der Waals surface area contributed by atoms with Gasteiger partial charge < -0.3 is 24.7 Å². The fourth-order valence-corrected chi connectivity index (χ4v) is 4.47. The lowest BCUT2D eigenvalue weighted by atomic mass is 10.0. The molecule has 6 rings (SSSR count). The number of fused-ring (bicyclic) bond motifs is 1. The fraction of sp³-hybridized carbons (Fsp3) is 0.222. The maximum Gasteiger partial charge on any atom is 0.417 e. The predicted molar refractivity (Wildman–Crippen MR) is 140 cm³/mol. The summed E-state index contributed by atoms with van der Waals surface area (Å²) in [4.78, 5) is 23.5. The zero-order chi connectivity index (χ0) is 27.9. The van der Waals surface area contributed by atoms with Crippen molar-refractivity contribution in [2.45, 2.75) is 18.4 Å². The van der Waals surface area contributed by atoms with Crippen LogP contribution in [0.15, 0.2) is 76.3 Å². The molecule has 2 N–H and O–H groups in total. The minimum absolute atomic E-state index is 0.0781. The highest BCUT2D eigenvalue weighted by Crippen LogP contribution is 2.38. The van der Waals surface area contributed by atoms with Crippen LogP contribution in [-0.4, -0.2) is 59.3 Å². The first-order valence-corrected chi connectivity index (χ1v) is 12.3. The zero-order valence-electron chi connectivity index (χ0n) is 21.0. The zero-order valence-corrected chi connectivity index (χ0v) is 21.0. The Morgan fingerprint density at radius 1 is 1.07 bits per heavy atom. The summed E-state index contributed by atoms with van der Waals surface area (Å²) in [7, 11) is 1.54. The van der Waals surface area contributed by atoms with E-state index in [1.807, 2.05) is 42.5 Å². The standard InChI is InChI=1S/C27H22F3N7O3/c1-39-17-13-37(14-17)20-11-16(27(28,29)30)12-31-22(20)25-35-36-26(40-25)34-23-24(38)32-19-10-6-5-9-18(19)21(33-23)15-7-3-2-4-8-15/h2-12,17,23H,13-14H2,1H3,(H,32,38)(H,34,36)/t23-/m1/s1. The monoisotopic (exact) mass is 549 g/mol. The van der Waals surface area contributed by atoms with Gasteiger partial charge in [-0.2, -0.15) is 13.2 Å². The molecule has 0 aliphatic carbocycles. The van der Waals surface area contributed by atoms with Crippen LogP contribution in [0, 0.1) is 0 Å². The molecular weight excluding hydrogens is 527 g/mol. The number of methoxy groups -OCH3 is 1. The quantitative estimate of drug-likeness (QED) is 0.367. The van der Waals surface area contributed by atoms with Crippen molar-refractivity contribution in [2.24, 2.45) is 4.99 Å². The number of aliphatic imine (C=N–C) groups is 1. The molecule has 2 aliphatic rings. The van der Waals surface area contributed by atoms with Gasteiger partial charge in [-0.1, -0.05) is 53.6 Å². The van der Waals surface area contributed by atoms with Crippen LogP contribution in [0.25, 0.3) is 11.6 Å². The summed E-state index contributed by atoms with van der Waals surface area (Å²) in [6, 6.07) is 17.5. The second-order valence-corrected chi connectivity index (χ2v) is 9.19. The Labute approximate surface area is 225 Å². The molecule has 1 saturated heterocycles. The number of nitrogens with zero attached hydrogens (tertiary/aromatic N) is 5. The van der Waals surface area contributed by atoms with Gasteiger partial charge in [0.15, 0.2) is 5.69 Å². The number of para-hydroxylation sites is 1. The second kappa shape index (κ2) is 10.1. The fourth-order valence-electron chi connectivity index (χ4n) is 4.47. The summed E-state index contributed by atoms with van der Waals surface area (Å²) >= 11 is 0. The molecule has 0 bridgehead atoms. The van der Waals surface area contributed by atoms with E-state index in [9.17, 15) is 18.0 Å². The van der Waals surface area contributed by atoms with E-state index in [2.05, 4.69) is 30.8 Å². The highest BCUT2D eigenvalue weighted by Gasteiger charge is 2.36. The number of halogens is 3. The summed E-state index contributed by atoms with van der Waals surface area (Å²) in [6.45, 7) is 0.761. The normalized spacial score (nSPS) is 17.4. The molecular formula is C27H22F3N7O3. The van der Waals surface area contributed by atoms with Crippen molar-refractivity contribution in [2.75, 3.05) is 35.7 Å². The molecule has 204 valence electrons. The minimum Gasteiger partial charge on any atom is -0.402 e. The largest absolute Gasteiger partial charge is 0.417 e. The first kappa shape index (κ1) is 25.5.